The van der Waals surface area contributed by atoms with Crippen LogP contribution in [-0.4, -0.2) is 27.6 Å². The molecule has 34 heavy (non-hydrogen) atoms. The standard InChI is InChI=1S/C25H17BrN2O5S/c1-32-20-10-16(11-22-23(29)28-19-5-3-2-4-18(19)27-25(28)34-22)17(26)12-21(20)33-13-14-6-8-15(9-7-14)24(30)31/h2-12H,13H2,1H3,(H,30,31). The highest BCUT2D eigenvalue weighted by molar-refractivity contribution is 9.10. The number of ether oxygens (including phenoxy) is 2. The van der Waals surface area contributed by atoms with Gasteiger partial charge in [-0.05, 0) is 53.6 Å². The molecule has 0 unspecified atom stereocenters. The summed E-state index contributed by atoms with van der Waals surface area (Å²) in [6.07, 6.45) is 1.80. The number of benzene rings is 3. The molecule has 0 aliphatic carbocycles. The molecule has 3 aromatic carbocycles. The molecule has 0 spiro atoms. The molecule has 9 heteroatoms. The predicted octanol–water partition coefficient (Wildman–Crippen LogP) is 4.51. The molecule has 0 saturated carbocycles. The summed E-state index contributed by atoms with van der Waals surface area (Å²) >= 11 is 4.90. The van der Waals surface area contributed by atoms with Gasteiger partial charge in [-0.15, -0.1) is 0 Å². The van der Waals surface area contributed by atoms with Gasteiger partial charge in [-0.3, -0.25) is 4.79 Å². The number of methoxy groups -OCH3 is 1. The number of imidazole rings is 1. The number of thiazole rings is 1. The molecular weight excluding hydrogens is 520 g/mol. The van der Waals surface area contributed by atoms with Gasteiger partial charge in [0.05, 0.1) is 28.2 Å². The fourth-order valence-electron chi connectivity index (χ4n) is 3.59. The van der Waals surface area contributed by atoms with Crippen LogP contribution in [-0.2, 0) is 6.61 Å². The molecule has 0 aliphatic rings. The molecule has 0 atom stereocenters. The number of aromatic nitrogens is 2. The number of para-hydroxylation sites is 2. The minimum atomic E-state index is -0.974. The van der Waals surface area contributed by atoms with Crippen molar-refractivity contribution in [1.29, 1.82) is 0 Å². The Balaban J connectivity index is 1.46. The van der Waals surface area contributed by atoms with Gasteiger partial charge in [-0.2, -0.15) is 0 Å². The van der Waals surface area contributed by atoms with Gasteiger partial charge in [0.2, 0.25) is 0 Å². The van der Waals surface area contributed by atoms with E-state index in [0.717, 1.165) is 26.6 Å². The zero-order chi connectivity index (χ0) is 23.8. The predicted molar refractivity (Wildman–Crippen MR) is 134 cm³/mol. The molecule has 0 saturated heterocycles. The number of fused-ring (bicyclic) bond motifs is 3. The Hall–Kier alpha value is -3.69. The van der Waals surface area contributed by atoms with Crippen LogP contribution in [0.5, 0.6) is 11.5 Å². The molecule has 0 bridgehead atoms. The zero-order valence-corrected chi connectivity index (χ0v) is 20.2. The van der Waals surface area contributed by atoms with Crippen LogP contribution in [0.1, 0.15) is 21.5 Å². The summed E-state index contributed by atoms with van der Waals surface area (Å²) in [5.74, 6) is 0.0531. The van der Waals surface area contributed by atoms with E-state index in [9.17, 15) is 9.59 Å². The van der Waals surface area contributed by atoms with E-state index in [1.165, 1.54) is 23.5 Å². The highest BCUT2D eigenvalue weighted by Gasteiger charge is 2.13. The van der Waals surface area contributed by atoms with E-state index in [0.29, 0.717) is 21.0 Å². The van der Waals surface area contributed by atoms with E-state index >= 15 is 0 Å². The maximum atomic E-state index is 13.1. The van der Waals surface area contributed by atoms with E-state index in [2.05, 4.69) is 20.9 Å². The van der Waals surface area contributed by atoms with Crippen LogP contribution < -0.4 is 19.6 Å². The van der Waals surface area contributed by atoms with Gasteiger partial charge in [0.15, 0.2) is 16.5 Å². The second-order valence-electron chi connectivity index (χ2n) is 7.45. The SMILES string of the molecule is COc1cc(C=c2sc3nc4ccccc4n3c2=O)c(Br)cc1OCc1ccc(C(=O)O)cc1. The number of carboxylic acid groups (broad SMARTS) is 1. The first-order valence-electron chi connectivity index (χ1n) is 10.2. The van der Waals surface area contributed by atoms with Crippen molar-refractivity contribution in [2.45, 2.75) is 6.61 Å². The van der Waals surface area contributed by atoms with Crippen LogP contribution in [0.3, 0.4) is 0 Å². The fraction of sp³-hybridized carbons (Fsp3) is 0.0800. The first-order valence-corrected chi connectivity index (χ1v) is 11.8. The summed E-state index contributed by atoms with van der Waals surface area (Å²) in [7, 11) is 1.55. The number of carbonyl (C=O) groups is 1. The topological polar surface area (TPSA) is 90.1 Å². The number of nitrogens with zero attached hydrogens (tertiary/aromatic N) is 2. The van der Waals surface area contributed by atoms with Gasteiger partial charge in [-0.25, -0.2) is 14.2 Å². The maximum Gasteiger partial charge on any atom is 0.335 e. The summed E-state index contributed by atoms with van der Waals surface area (Å²) in [6, 6.07) is 17.6. The highest BCUT2D eigenvalue weighted by Crippen LogP contribution is 2.34. The van der Waals surface area contributed by atoms with Crippen molar-refractivity contribution < 1.29 is 19.4 Å². The lowest BCUT2D eigenvalue weighted by atomic mass is 10.1. The monoisotopic (exact) mass is 536 g/mol. The van der Waals surface area contributed by atoms with Gasteiger partial charge >= 0.3 is 5.97 Å². The Morgan fingerprint density at radius 2 is 1.91 bits per heavy atom. The summed E-state index contributed by atoms with van der Waals surface area (Å²) in [4.78, 5) is 29.3. The van der Waals surface area contributed by atoms with Crippen molar-refractivity contribution in [2.75, 3.05) is 7.11 Å². The van der Waals surface area contributed by atoms with Crippen molar-refractivity contribution in [3.05, 3.63) is 96.7 Å². The summed E-state index contributed by atoms with van der Waals surface area (Å²) < 4.78 is 14.4. The third kappa shape index (κ3) is 4.04. The molecule has 5 aromatic rings. The van der Waals surface area contributed by atoms with Crippen LogP contribution in [0.2, 0.25) is 0 Å². The zero-order valence-electron chi connectivity index (χ0n) is 17.8. The van der Waals surface area contributed by atoms with Gasteiger partial charge in [-0.1, -0.05) is 51.5 Å². The molecule has 2 aromatic heterocycles. The number of rotatable bonds is 6. The Kier molecular flexibility index (Phi) is 5.80. The Morgan fingerprint density at radius 3 is 2.65 bits per heavy atom. The van der Waals surface area contributed by atoms with Crippen molar-refractivity contribution >= 4 is 55.3 Å². The number of halogens is 1. The van der Waals surface area contributed by atoms with Crippen LogP contribution in [0.4, 0.5) is 0 Å². The van der Waals surface area contributed by atoms with E-state index < -0.39 is 5.97 Å². The van der Waals surface area contributed by atoms with E-state index in [4.69, 9.17) is 14.6 Å². The van der Waals surface area contributed by atoms with Crippen LogP contribution in [0.15, 0.2) is 69.9 Å². The normalized spacial score (nSPS) is 11.9. The minimum absolute atomic E-state index is 0.121. The van der Waals surface area contributed by atoms with Crippen molar-refractivity contribution in [3.8, 4) is 11.5 Å². The molecule has 1 N–H and O–H groups in total. The Bertz CT molecular complexity index is 1660. The average Bonchev–Trinajstić information content (AvgIpc) is 3.35. The molecule has 170 valence electrons. The lowest BCUT2D eigenvalue weighted by Crippen LogP contribution is -2.22. The van der Waals surface area contributed by atoms with E-state index in [1.807, 2.05) is 24.3 Å². The molecule has 0 radical (unpaired) electrons. The van der Waals surface area contributed by atoms with Crippen molar-refractivity contribution in [1.82, 2.24) is 9.38 Å². The lowest BCUT2D eigenvalue weighted by Gasteiger charge is -2.13. The Morgan fingerprint density at radius 1 is 1.15 bits per heavy atom. The molecule has 0 aliphatic heterocycles. The third-order valence-corrected chi connectivity index (χ3v) is 6.97. The number of hydrogen-bond acceptors (Lipinski definition) is 6. The third-order valence-electron chi connectivity index (χ3n) is 5.31. The molecular formula is C25H17BrN2O5S. The quantitative estimate of drug-likeness (QED) is 0.343. The average molecular weight is 537 g/mol. The number of carboxylic acids is 1. The van der Waals surface area contributed by atoms with Gasteiger partial charge in [0, 0.05) is 4.47 Å². The van der Waals surface area contributed by atoms with Crippen molar-refractivity contribution in [3.63, 3.8) is 0 Å². The Labute approximate surface area is 205 Å². The van der Waals surface area contributed by atoms with Crippen LogP contribution in [0, 0.1) is 0 Å². The molecule has 0 fully saturated rings. The fourth-order valence-corrected chi connectivity index (χ4v) is 5.01. The second-order valence-corrected chi connectivity index (χ2v) is 9.31. The highest BCUT2D eigenvalue weighted by atomic mass is 79.9. The van der Waals surface area contributed by atoms with Gasteiger partial charge in [0.1, 0.15) is 6.61 Å². The molecule has 5 rings (SSSR count). The maximum absolute atomic E-state index is 13.1. The van der Waals surface area contributed by atoms with Crippen LogP contribution in [0.25, 0.3) is 22.1 Å². The van der Waals surface area contributed by atoms with Crippen molar-refractivity contribution in [2.24, 2.45) is 0 Å². The first kappa shape index (κ1) is 22.1. The molecule has 0 amide bonds. The molecule has 7 nitrogen and oxygen atoms in total. The largest absolute Gasteiger partial charge is 0.493 e. The molecule has 2 heterocycles. The van der Waals surface area contributed by atoms with E-state index in [-0.39, 0.29) is 17.7 Å². The smallest absolute Gasteiger partial charge is 0.335 e. The number of aromatic carboxylic acids is 1. The summed E-state index contributed by atoms with van der Waals surface area (Å²) in [6.45, 7) is 0.242. The minimum Gasteiger partial charge on any atom is -0.493 e. The lowest BCUT2D eigenvalue weighted by molar-refractivity contribution is 0.0697. The second kappa shape index (κ2) is 8.92. The van der Waals surface area contributed by atoms with Crippen LogP contribution >= 0.6 is 27.3 Å². The van der Waals surface area contributed by atoms with Gasteiger partial charge in [0.25, 0.3) is 5.56 Å². The first-order chi connectivity index (χ1) is 16.4. The number of hydrogen-bond donors (Lipinski definition) is 1. The summed E-state index contributed by atoms with van der Waals surface area (Å²) in [5, 5.41) is 9.03. The van der Waals surface area contributed by atoms with Gasteiger partial charge < -0.3 is 14.6 Å². The van der Waals surface area contributed by atoms with E-state index in [1.54, 1.807) is 41.9 Å². The summed E-state index contributed by atoms with van der Waals surface area (Å²) in [5.41, 5.74) is 3.26.